The molecule has 0 unspecified atom stereocenters. The zero-order valence-corrected chi connectivity index (χ0v) is 31.0. The van der Waals surface area contributed by atoms with Crippen molar-refractivity contribution in [2.24, 2.45) is 0 Å². The molecule has 0 aliphatic heterocycles. The van der Waals surface area contributed by atoms with Gasteiger partial charge in [-0.25, -0.2) is 20.0 Å². The van der Waals surface area contributed by atoms with Crippen molar-refractivity contribution in [1.29, 1.82) is 0 Å². The van der Waals surface area contributed by atoms with Crippen molar-refractivity contribution in [3.05, 3.63) is 0 Å². The van der Waals surface area contributed by atoms with Crippen LogP contribution in [0.1, 0.15) is 59.4 Å². The van der Waals surface area contributed by atoms with E-state index in [1.165, 1.54) is 43.6 Å². The average molecular weight is 1140 g/mol. The van der Waals surface area contributed by atoms with Crippen LogP contribution in [0.2, 0.25) is 0 Å². The van der Waals surface area contributed by atoms with Gasteiger partial charge in [0.15, 0.2) is 0 Å². The molecule has 0 saturated heterocycles. The fraction of sp³-hybridized carbons (Fsp3) is 1.00. The maximum absolute atomic E-state index is 9.09. The third kappa shape index (κ3) is 198. The van der Waals surface area contributed by atoms with Gasteiger partial charge in [-0.2, -0.15) is 42.1 Å². The molecule has 0 atom stereocenters. The Hall–Kier alpha value is 4.56. The standard InChI is InChI=1S/CHI3.8CH4.HI.2Na.3O4S2.O2S/c2-1(3)4;;;;;;;;;;;;3*1-5(2)6(3)4;1-3-2/h1H;8*1H4;1H;;;;;;/q;;;;;;;;;;;;;2*-2;/p-1. The predicted molar refractivity (Wildman–Crippen MR) is 174 cm³/mol. The Labute approximate surface area is 317 Å². The molecule has 0 radical (unpaired) electrons. The molecule has 14 nitrogen and oxygen atoms in total. The Morgan fingerprint density at radius 1 is 0.500 bits per heavy atom. The molecule has 0 spiro atoms. The van der Waals surface area contributed by atoms with Crippen LogP contribution in [-0.2, 0) is 68.7 Å². The van der Waals surface area contributed by atoms with Crippen LogP contribution in [0.5, 0.6) is 0 Å². The van der Waals surface area contributed by atoms with Gasteiger partial charge in [0.1, 0.15) is -0.0619 Å². The van der Waals surface area contributed by atoms with Crippen molar-refractivity contribution in [3.63, 3.8) is 0 Å². The summed E-state index contributed by atoms with van der Waals surface area (Å²) >= 11 is 9.09. The van der Waals surface area contributed by atoms with E-state index >= 15 is 0 Å². The summed E-state index contributed by atoms with van der Waals surface area (Å²) in [6.45, 7) is 0. The first-order chi connectivity index (χ1) is 12.1. The van der Waals surface area contributed by atoms with Gasteiger partial charge >= 0.3 is 73.7 Å². The van der Waals surface area contributed by atoms with Crippen LogP contribution in [0.4, 0.5) is 0 Å². The van der Waals surface area contributed by atoms with Crippen molar-refractivity contribution < 1.29 is 84.3 Å². The molecular formula is C9H33I4Na2O14S7-5. The first kappa shape index (κ1) is 97.2. The number of hydrogen-bond donors (Lipinski definition) is 0. The number of alkyl halides is 3. The van der Waals surface area contributed by atoms with E-state index in [-0.39, 0.29) is 83.4 Å². The fourth-order valence-corrected chi connectivity index (χ4v) is 0. The molecule has 0 N–H and O–H groups in total. The second-order valence-corrected chi connectivity index (χ2v) is 19.9. The van der Waals surface area contributed by atoms with Gasteiger partial charge < -0.3 is 42.2 Å². The SMILES string of the molecule is C.C.C.C.C.C.C.C.IC(I)I.O=S(=O)=S(=O)=O.O=S(=O)=S([O-])[O-].O=S(=O)=S([O-])[O-].O=S=O.[I-].[Na][Na]. The van der Waals surface area contributed by atoms with Gasteiger partial charge in [0.05, 0.1) is 0 Å². The molecule has 0 aliphatic rings. The van der Waals surface area contributed by atoms with Gasteiger partial charge in [0, 0.05) is 0 Å². The minimum absolute atomic E-state index is 0. The van der Waals surface area contributed by atoms with Gasteiger partial charge in [0.2, 0.25) is 18.5 Å². The summed E-state index contributed by atoms with van der Waals surface area (Å²) in [5.41, 5.74) is 0. The van der Waals surface area contributed by atoms with Crippen molar-refractivity contribution in [2.75, 3.05) is 0 Å². The summed E-state index contributed by atoms with van der Waals surface area (Å²) in [7, 11) is -17.7. The van der Waals surface area contributed by atoms with Crippen LogP contribution in [0, 0.1) is 0 Å². The van der Waals surface area contributed by atoms with Crippen molar-refractivity contribution >= 4 is 180 Å². The Balaban J connectivity index is -0.0000000110. The monoisotopic (exact) mass is 1140 g/mol. The van der Waals surface area contributed by atoms with Crippen molar-refractivity contribution in [3.8, 4) is 0 Å². The fourth-order valence-electron chi connectivity index (χ4n) is 0. The van der Waals surface area contributed by atoms with Gasteiger partial charge in [-0.1, -0.05) is 127 Å². The van der Waals surface area contributed by atoms with E-state index in [4.69, 9.17) is 60.3 Å². The van der Waals surface area contributed by atoms with E-state index in [0.29, 0.717) is 0 Å². The minimum atomic E-state index is -2.95. The maximum atomic E-state index is 9.09. The van der Waals surface area contributed by atoms with Crippen LogP contribution < -0.4 is 24.0 Å². The zero-order chi connectivity index (χ0) is 23.7. The third-order valence-corrected chi connectivity index (χ3v) is 3.00. The van der Waals surface area contributed by atoms with Gasteiger partial charge in [-0.05, 0) is 0 Å². The Morgan fingerprint density at radius 3 is 0.556 bits per heavy atom. The molecule has 0 rings (SSSR count). The van der Waals surface area contributed by atoms with Gasteiger partial charge in [-0.3, -0.25) is 0 Å². The Bertz CT molecular complexity index is 820. The van der Waals surface area contributed by atoms with Crippen molar-refractivity contribution in [2.45, 2.75) is 59.4 Å². The molecule has 0 heterocycles. The molecule has 0 aromatic carbocycles. The molecule has 0 aromatic heterocycles. The van der Waals surface area contributed by atoms with Crippen LogP contribution in [0.25, 0.3) is 0 Å². The van der Waals surface area contributed by atoms with E-state index in [9.17, 15) is 0 Å². The summed E-state index contributed by atoms with van der Waals surface area (Å²) in [4.78, 5) is 0. The molecule has 0 amide bonds. The van der Waals surface area contributed by atoms with Crippen LogP contribution in [0.15, 0.2) is 0 Å². The molecule has 230 valence electrons. The molecular weight excluding hydrogens is 1110 g/mol. The Kier molecular flexibility index (Phi) is 225. The average Bonchev–Trinajstić information content (AvgIpc) is 2.50. The van der Waals surface area contributed by atoms with E-state index in [1.54, 1.807) is 0 Å². The van der Waals surface area contributed by atoms with Crippen LogP contribution in [-0.4, -0.2) is 104 Å². The molecule has 36 heavy (non-hydrogen) atoms. The van der Waals surface area contributed by atoms with Crippen molar-refractivity contribution in [1.82, 2.24) is 0 Å². The summed E-state index contributed by atoms with van der Waals surface area (Å²) < 4.78 is 126. The Morgan fingerprint density at radius 2 is 0.556 bits per heavy atom. The van der Waals surface area contributed by atoms with E-state index in [1.807, 2.05) is 0 Å². The molecule has 0 saturated carbocycles. The summed E-state index contributed by atoms with van der Waals surface area (Å²) in [5, 5.41) is 0. The van der Waals surface area contributed by atoms with Crippen LogP contribution >= 0.6 is 67.8 Å². The van der Waals surface area contributed by atoms with Gasteiger partial charge in [-0.15, -0.1) is 0 Å². The second kappa shape index (κ2) is 83.4. The van der Waals surface area contributed by atoms with E-state index in [2.05, 4.69) is 67.8 Å². The summed E-state index contributed by atoms with van der Waals surface area (Å²) in [6, 6.07) is 0. The summed E-state index contributed by atoms with van der Waals surface area (Å²) in [6.07, 6.45) is 0. The molecule has 0 aromatic rings. The molecule has 0 aliphatic carbocycles. The first-order valence-corrected chi connectivity index (χ1v) is 24.9. The number of hydrogen-bond acceptors (Lipinski definition) is 14. The van der Waals surface area contributed by atoms with E-state index in [0.717, 1.165) is -0.0619 Å². The van der Waals surface area contributed by atoms with E-state index < -0.39 is 68.7 Å². The number of rotatable bonds is 0. The summed E-state index contributed by atoms with van der Waals surface area (Å²) in [5.74, 6) is 0. The number of halogens is 4. The predicted octanol–water partition coefficient (Wildman–Crippen LogP) is -0.785. The molecule has 0 fully saturated rings. The van der Waals surface area contributed by atoms with Crippen LogP contribution in [0.3, 0.4) is 0 Å². The third-order valence-electron chi connectivity index (χ3n) is 0.333. The zero-order valence-electron chi connectivity index (χ0n) is 12.7. The topological polar surface area (TPSA) is 263 Å². The first-order valence-electron chi connectivity index (χ1n) is 4.49. The quantitative estimate of drug-likeness (QED) is 0.164. The molecule has 0 bridgehead atoms. The molecule has 27 heteroatoms. The second-order valence-electron chi connectivity index (χ2n) is 1.54. The van der Waals surface area contributed by atoms with Gasteiger partial charge in [0.25, 0.3) is 0 Å². The normalized spacial score (nSPS) is 5.83.